The summed E-state index contributed by atoms with van der Waals surface area (Å²) in [5.41, 5.74) is 10.8. The van der Waals surface area contributed by atoms with Gasteiger partial charge in [-0.3, -0.25) is 4.57 Å². The number of para-hydroxylation sites is 2. The largest absolute Gasteiger partial charge is 0.456 e. The van der Waals surface area contributed by atoms with Crippen molar-refractivity contribution in [1.29, 1.82) is 0 Å². The fourth-order valence-electron chi connectivity index (χ4n) is 7.81. The van der Waals surface area contributed by atoms with Gasteiger partial charge in [0.25, 0.3) is 0 Å². The lowest BCUT2D eigenvalue weighted by molar-refractivity contribution is 0.666. The van der Waals surface area contributed by atoms with Crippen molar-refractivity contribution in [2.24, 2.45) is 0 Å². The fraction of sp³-hybridized carbons (Fsp3) is 0.0714. The number of nitrogens with zero attached hydrogens (tertiary/aromatic N) is 4. The minimum Gasteiger partial charge on any atom is -0.456 e. The summed E-state index contributed by atoms with van der Waals surface area (Å²) < 4.78 is 8.48. The number of aromatic nitrogens is 4. The lowest BCUT2D eigenvalue weighted by Gasteiger charge is -2.22. The maximum atomic E-state index is 6.26. The number of furan rings is 1. The second kappa shape index (κ2) is 9.47. The Balaban J connectivity index is 1.31. The van der Waals surface area contributed by atoms with Crippen LogP contribution in [0.25, 0.3) is 83.6 Å². The van der Waals surface area contributed by atoms with Gasteiger partial charge in [-0.2, -0.15) is 9.97 Å². The Morgan fingerprint density at radius 2 is 1.21 bits per heavy atom. The van der Waals surface area contributed by atoms with E-state index in [9.17, 15) is 0 Å². The lowest BCUT2D eigenvalue weighted by Crippen LogP contribution is -2.15. The van der Waals surface area contributed by atoms with E-state index in [0.717, 1.165) is 44.1 Å². The van der Waals surface area contributed by atoms with Crippen LogP contribution in [-0.4, -0.2) is 19.5 Å². The molecule has 0 saturated heterocycles. The van der Waals surface area contributed by atoms with Crippen LogP contribution in [0.5, 0.6) is 0 Å². The standard InChI is InChI=1S/C42H28N4O/c1-42(2)31-19-9-6-15-26(31)27-23-24-33-37(38(27)42)28-16-7-10-20-32(28)46(33)41-44-39(25-13-4-3-5-14-25)43-40(45-41)30-18-12-22-35-36(30)29-17-8-11-21-34(29)47-35/h3-24H,1-2H3. The molecule has 6 aromatic carbocycles. The third-order valence-corrected chi connectivity index (χ3v) is 9.85. The molecule has 0 spiro atoms. The average Bonchev–Trinajstić information content (AvgIpc) is 3.74. The SMILES string of the molecule is CC1(C)c2ccccc2-c2ccc3c(c21)c1ccccc1n3-c1nc(-c2ccccc2)nc(-c2cccc3oc4ccccc4c23)n1. The third kappa shape index (κ3) is 3.62. The van der Waals surface area contributed by atoms with Crippen LogP contribution in [0.15, 0.2) is 138 Å². The molecule has 0 N–H and O–H groups in total. The van der Waals surface area contributed by atoms with E-state index in [1.807, 2.05) is 48.5 Å². The van der Waals surface area contributed by atoms with Gasteiger partial charge in [-0.15, -0.1) is 0 Å². The Hall–Kier alpha value is -6.07. The van der Waals surface area contributed by atoms with Crippen molar-refractivity contribution in [2.75, 3.05) is 0 Å². The molecule has 0 saturated carbocycles. The Kier molecular flexibility index (Phi) is 5.28. The summed E-state index contributed by atoms with van der Waals surface area (Å²) >= 11 is 0. The van der Waals surface area contributed by atoms with E-state index in [2.05, 4.69) is 103 Å². The van der Waals surface area contributed by atoms with Gasteiger partial charge in [0, 0.05) is 38.1 Å². The first-order valence-electron chi connectivity index (χ1n) is 16.0. The van der Waals surface area contributed by atoms with Gasteiger partial charge in [0.2, 0.25) is 5.95 Å². The first-order valence-corrected chi connectivity index (χ1v) is 16.0. The summed E-state index contributed by atoms with van der Waals surface area (Å²) in [6, 6.07) is 46.3. The van der Waals surface area contributed by atoms with Gasteiger partial charge in [0.05, 0.1) is 11.0 Å². The van der Waals surface area contributed by atoms with Crippen LogP contribution in [0.3, 0.4) is 0 Å². The maximum Gasteiger partial charge on any atom is 0.238 e. The maximum absolute atomic E-state index is 6.26. The Labute approximate surface area is 270 Å². The van der Waals surface area contributed by atoms with Crippen LogP contribution >= 0.6 is 0 Å². The van der Waals surface area contributed by atoms with Crippen LogP contribution < -0.4 is 0 Å². The Bertz CT molecular complexity index is 2720. The molecule has 9 aromatic rings. The molecule has 1 aliphatic carbocycles. The number of hydrogen-bond acceptors (Lipinski definition) is 4. The third-order valence-electron chi connectivity index (χ3n) is 9.85. The van der Waals surface area contributed by atoms with Crippen molar-refractivity contribution >= 4 is 43.7 Å². The molecule has 0 fully saturated rings. The van der Waals surface area contributed by atoms with E-state index in [4.69, 9.17) is 19.4 Å². The summed E-state index contributed by atoms with van der Waals surface area (Å²) in [5, 5.41) is 4.46. The molecule has 0 aliphatic heterocycles. The molecule has 5 nitrogen and oxygen atoms in total. The number of rotatable bonds is 3. The number of hydrogen-bond donors (Lipinski definition) is 0. The van der Waals surface area contributed by atoms with Crippen LogP contribution in [0.1, 0.15) is 25.0 Å². The predicted octanol–water partition coefficient (Wildman–Crippen LogP) is 10.5. The highest BCUT2D eigenvalue weighted by Crippen LogP contribution is 2.53. The molecule has 3 heterocycles. The zero-order valence-electron chi connectivity index (χ0n) is 25.9. The van der Waals surface area contributed by atoms with Crippen molar-refractivity contribution in [1.82, 2.24) is 19.5 Å². The number of fused-ring (bicyclic) bond motifs is 10. The van der Waals surface area contributed by atoms with Crippen molar-refractivity contribution in [3.8, 4) is 39.9 Å². The minimum atomic E-state index is -0.169. The summed E-state index contributed by atoms with van der Waals surface area (Å²) in [5.74, 6) is 1.80. The van der Waals surface area contributed by atoms with Crippen molar-refractivity contribution in [2.45, 2.75) is 19.3 Å². The average molecular weight is 605 g/mol. The second-order valence-corrected chi connectivity index (χ2v) is 12.8. The van der Waals surface area contributed by atoms with E-state index in [1.54, 1.807) is 0 Å². The van der Waals surface area contributed by atoms with E-state index >= 15 is 0 Å². The lowest BCUT2D eigenvalue weighted by atomic mass is 9.80. The van der Waals surface area contributed by atoms with E-state index < -0.39 is 0 Å². The molecule has 47 heavy (non-hydrogen) atoms. The minimum absolute atomic E-state index is 0.169. The van der Waals surface area contributed by atoms with Gasteiger partial charge in [0.1, 0.15) is 11.2 Å². The predicted molar refractivity (Wildman–Crippen MR) is 190 cm³/mol. The van der Waals surface area contributed by atoms with Gasteiger partial charge >= 0.3 is 0 Å². The molecule has 1 aliphatic rings. The van der Waals surface area contributed by atoms with Crippen LogP contribution in [0.4, 0.5) is 0 Å². The van der Waals surface area contributed by atoms with Gasteiger partial charge in [-0.25, -0.2) is 4.98 Å². The van der Waals surface area contributed by atoms with Crippen molar-refractivity contribution in [3.63, 3.8) is 0 Å². The van der Waals surface area contributed by atoms with Crippen molar-refractivity contribution < 1.29 is 4.42 Å². The van der Waals surface area contributed by atoms with Crippen molar-refractivity contribution in [3.05, 3.63) is 145 Å². The first kappa shape index (κ1) is 26.2. The van der Waals surface area contributed by atoms with Gasteiger partial charge in [-0.05, 0) is 46.5 Å². The highest BCUT2D eigenvalue weighted by Gasteiger charge is 2.38. The van der Waals surface area contributed by atoms with E-state index in [1.165, 1.54) is 33.0 Å². The molecule has 0 atom stereocenters. The first-order chi connectivity index (χ1) is 23.1. The van der Waals surface area contributed by atoms with Crippen LogP contribution in [-0.2, 0) is 5.41 Å². The highest BCUT2D eigenvalue weighted by molar-refractivity contribution is 6.14. The van der Waals surface area contributed by atoms with E-state index in [0.29, 0.717) is 17.6 Å². The molecular formula is C42H28N4O. The molecule has 10 rings (SSSR count). The van der Waals surface area contributed by atoms with Crippen LogP contribution in [0.2, 0.25) is 0 Å². The van der Waals surface area contributed by atoms with Gasteiger partial charge in [-0.1, -0.05) is 123 Å². The normalized spacial score (nSPS) is 13.5. The zero-order chi connectivity index (χ0) is 31.3. The Morgan fingerprint density at radius 1 is 0.511 bits per heavy atom. The number of benzene rings is 6. The highest BCUT2D eigenvalue weighted by atomic mass is 16.3. The van der Waals surface area contributed by atoms with Gasteiger partial charge < -0.3 is 4.42 Å². The summed E-state index contributed by atoms with van der Waals surface area (Å²) in [4.78, 5) is 15.6. The zero-order valence-corrected chi connectivity index (χ0v) is 25.9. The molecule has 0 amide bonds. The molecular weight excluding hydrogens is 576 g/mol. The second-order valence-electron chi connectivity index (χ2n) is 12.8. The molecule has 0 unspecified atom stereocenters. The molecule has 0 radical (unpaired) electrons. The molecule has 3 aromatic heterocycles. The van der Waals surface area contributed by atoms with E-state index in [-0.39, 0.29) is 5.41 Å². The summed E-state index contributed by atoms with van der Waals surface area (Å²) in [7, 11) is 0. The molecule has 5 heteroatoms. The smallest absolute Gasteiger partial charge is 0.238 e. The van der Waals surface area contributed by atoms with Crippen LogP contribution in [0, 0.1) is 0 Å². The van der Waals surface area contributed by atoms with Gasteiger partial charge in [0.15, 0.2) is 11.6 Å². The summed E-state index contributed by atoms with van der Waals surface area (Å²) in [6.07, 6.45) is 0. The monoisotopic (exact) mass is 604 g/mol. The Morgan fingerprint density at radius 3 is 2.11 bits per heavy atom. The quantitative estimate of drug-likeness (QED) is 0.201. The molecule has 0 bridgehead atoms. The fourth-order valence-corrected chi connectivity index (χ4v) is 7.81. The summed E-state index contributed by atoms with van der Waals surface area (Å²) in [6.45, 7) is 4.68. The molecule has 222 valence electrons. The topological polar surface area (TPSA) is 56.7 Å².